The Kier molecular flexibility index (Phi) is 5.69. The van der Waals surface area contributed by atoms with Crippen LogP contribution >= 0.6 is 11.6 Å². The van der Waals surface area contributed by atoms with Crippen molar-refractivity contribution in [2.24, 2.45) is 0 Å². The van der Waals surface area contributed by atoms with Gasteiger partial charge in [0.1, 0.15) is 5.82 Å². The highest BCUT2D eigenvalue weighted by molar-refractivity contribution is 6.33. The van der Waals surface area contributed by atoms with Crippen LogP contribution in [0.5, 0.6) is 0 Å². The van der Waals surface area contributed by atoms with Gasteiger partial charge in [0.25, 0.3) is 0 Å². The van der Waals surface area contributed by atoms with E-state index < -0.39 is 11.7 Å². The first kappa shape index (κ1) is 19.9. The number of benzene rings is 1. The van der Waals surface area contributed by atoms with Gasteiger partial charge in [-0.25, -0.2) is 4.98 Å². The third-order valence-electron chi connectivity index (χ3n) is 3.66. The molecule has 0 aliphatic rings. The zero-order valence-corrected chi connectivity index (χ0v) is 15.8. The molecule has 0 aliphatic carbocycles. The molecule has 0 saturated carbocycles. The molecule has 9 heteroatoms. The van der Waals surface area contributed by atoms with Gasteiger partial charge >= 0.3 is 6.18 Å². The standard InChI is InChI=1S/C19H17ClF3N5/c1-11(2)25-18-27-16(12-4-3-7-24-10-12)9-17(28-18)26-15-6-5-13(8-14(15)20)19(21,22)23/h3-11H,1-2H3,(H2,25,26,27,28). The summed E-state index contributed by atoms with van der Waals surface area (Å²) >= 11 is 6.03. The molecule has 0 aliphatic heterocycles. The lowest BCUT2D eigenvalue weighted by Gasteiger charge is -2.14. The van der Waals surface area contributed by atoms with Crippen molar-refractivity contribution in [2.45, 2.75) is 26.1 Å². The monoisotopic (exact) mass is 407 g/mol. The summed E-state index contributed by atoms with van der Waals surface area (Å²) in [6.45, 7) is 3.89. The van der Waals surface area contributed by atoms with E-state index in [0.29, 0.717) is 23.1 Å². The fourth-order valence-corrected chi connectivity index (χ4v) is 2.65. The second-order valence-corrected chi connectivity index (χ2v) is 6.73. The highest BCUT2D eigenvalue weighted by atomic mass is 35.5. The summed E-state index contributed by atoms with van der Waals surface area (Å²) in [6.07, 6.45) is -1.14. The van der Waals surface area contributed by atoms with Crippen LogP contribution in [0.1, 0.15) is 19.4 Å². The maximum absolute atomic E-state index is 12.8. The van der Waals surface area contributed by atoms with Crippen molar-refractivity contribution in [2.75, 3.05) is 10.6 Å². The van der Waals surface area contributed by atoms with Crippen LogP contribution in [-0.2, 0) is 6.18 Å². The molecule has 5 nitrogen and oxygen atoms in total. The summed E-state index contributed by atoms with van der Waals surface area (Å²) in [4.78, 5) is 12.9. The Morgan fingerprint density at radius 2 is 1.86 bits per heavy atom. The number of nitrogens with one attached hydrogen (secondary N) is 2. The predicted octanol–water partition coefficient (Wildman–Crippen LogP) is 5.77. The Bertz CT molecular complexity index is 962. The van der Waals surface area contributed by atoms with E-state index in [-0.39, 0.29) is 11.1 Å². The molecule has 0 atom stereocenters. The summed E-state index contributed by atoms with van der Waals surface area (Å²) in [6, 6.07) is 8.51. The molecule has 0 unspecified atom stereocenters. The molecular formula is C19H17ClF3N5. The van der Waals surface area contributed by atoms with Gasteiger partial charge in [0, 0.05) is 30.1 Å². The molecule has 0 fully saturated rings. The minimum Gasteiger partial charge on any atom is -0.352 e. The quantitative estimate of drug-likeness (QED) is 0.561. The van der Waals surface area contributed by atoms with Crippen molar-refractivity contribution < 1.29 is 13.2 Å². The molecule has 0 spiro atoms. The Morgan fingerprint density at radius 1 is 1.07 bits per heavy atom. The Morgan fingerprint density at radius 3 is 2.46 bits per heavy atom. The smallest absolute Gasteiger partial charge is 0.352 e. The Hall–Kier alpha value is -2.87. The summed E-state index contributed by atoms with van der Waals surface area (Å²) in [5.74, 6) is 0.764. The number of aromatic nitrogens is 3. The van der Waals surface area contributed by atoms with Crippen molar-refractivity contribution in [1.82, 2.24) is 15.0 Å². The van der Waals surface area contributed by atoms with Gasteiger partial charge < -0.3 is 10.6 Å². The first-order chi connectivity index (χ1) is 13.2. The number of rotatable bonds is 5. The number of alkyl halides is 3. The Balaban J connectivity index is 1.97. The number of hydrogen-bond donors (Lipinski definition) is 2. The van der Waals surface area contributed by atoms with Gasteiger partial charge in [0.15, 0.2) is 0 Å². The SMILES string of the molecule is CC(C)Nc1nc(Nc2ccc(C(F)(F)F)cc2Cl)cc(-c2cccnc2)n1. The molecule has 146 valence electrons. The van der Waals surface area contributed by atoms with E-state index in [1.807, 2.05) is 19.9 Å². The number of halogens is 4. The van der Waals surface area contributed by atoms with E-state index in [0.717, 1.165) is 17.7 Å². The van der Waals surface area contributed by atoms with E-state index >= 15 is 0 Å². The maximum Gasteiger partial charge on any atom is 0.416 e. The van der Waals surface area contributed by atoms with Crippen molar-refractivity contribution in [3.8, 4) is 11.3 Å². The van der Waals surface area contributed by atoms with E-state index in [4.69, 9.17) is 11.6 Å². The van der Waals surface area contributed by atoms with Crippen molar-refractivity contribution in [1.29, 1.82) is 0 Å². The lowest BCUT2D eigenvalue weighted by molar-refractivity contribution is -0.137. The molecule has 0 bridgehead atoms. The average molecular weight is 408 g/mol. The largest absolute Gasteiger partial charge is 0.416 e. The molecule has 3 aromatic rings. The van der Waals surface area contributed by atoms with Gasteiger partial charge in [0.2, 0.25) is 5.95 Å². The van der Waals surface area contributed by atoms with Gasteiger partial charge in [-0.2, -0.15) is 18.2 Å². The van der Waals surface area contributed by atoms with Crippen molar-refractivity contribution >= 4 is 29.1 Å². The second kappa shape index (κ2) is 8.02. The zero-order valence-electron chi connectivity index (χ0n) is 15.0. The minimum atomic E-state index is -4.46. The van der Waals surface area contributed by atoms with E-state index in [1.54, 1.807) is 24.5 Å². The van der Waals surface area contributed by atoms with E-state index in [1.165, 1.54) is 6.07 Å². The van der Waals surface area contributed by atoms with Gasteiger partial charge in [-0.15, -0.1) is 0 Å². The molecular weight excluding hydrogens is 391 g/mol. The third-order valence-corrected chi connectivity index (χ3v) is 3.97. The maximum atomic E-state index is 12.8. The van der Waals surface area contributed by atoms with Gasteiger partial charge in [-0.05, 0) is 44.2 Å². The van der Waals surface area contributed by atoms with Gasteiger partial charge in [-0.1, -0.05) is 11.6 Å². The normalized spacial score (nSPS) is 11.5. The number of anilines is 3. The molecule has 2 N–H and O–H groups in total. The third kappa shape index (κ3) is 4.89. The molecule has 28 heavy (non-hydrogen) atoms. The van der Waals surface area contributed by atoms with Crippen LogP contribution in [0, 0.1) is 0 Å². The fraction of sp³-hybridized carbons (Fsp3) is 0.211. The lowest BCUT2D eigenvalue weighted by Crippen LogP contribution is -2.13. The molecule has 2 aromatic heterocycles. The number of nitrogens with zero attached hydrogens (tertiary/aromatic N) is 3. The summed E-state index contributed by atoms with van der Waals surface area (Å²) in [7, 11) is 0. The highest BCUT2D eigenvalue weighted by Gasteiger charge is 2.30. The zero-order chi connectivity index (χ0) is 20.3. The molecule has 3 rings (SSSR count). The van der Waals surface area contributed by atoms with Crippen LogP contribution in [0.2, 0.25) is 5.02 Å². The molecule has 0 saturated heterocycles. The van der Waals surface area contributed by atoms with Crippen molar-refractivity contribution in [3.05, 3.63) is 59.4 Å². The van der Waals surface area contributed by atoms with Gasteiger partial charge in [0.05, 0.1) is 22.0 Å². The van der Waals surface area contributed by atoms with Crippen LogP contribution in [-0.4, -0.2) is 21.0 Å². The first-order valence-electron chi connectivity index (χ1n) is 8.42. The Labute approximate surface area is 165 Å². The number of pyridine rings is 1. The topological polar surface area (TPSA) is 62.7 Å². The number of hydrogen-bond acceptors (Lipinski definition) is 5. The van der Waals surface area contributed by atoms with Crippen LogP contribution in [0.15, 0.2) is 48.8 Å². The van der Waals surface area contributed by atoms with E-state index in [2.05, 4.69) is 25.6 Å². The van der Waals surface area contributed by atoms with E-state index in [9.17, 15) is 13.2 Å². The summed E-state index contributed by atoms with van der Waals surface area (Å²) < 4.78 is 38.5. The van der Waals surface area contributed by atoms with Crippen LogP contribution in [0.4, 0.5) is 30.6 Å². The van der Waals surface area contributed by atoms with Crippen LogP contribution in [0.25, 0.3) is 11.3 Å². The van der Waals surface area contributed by atoms with Gasteiger partial charge in [-0.3, -0.25) is 4.98 Å². The second-order valence-electron chi connectivity index (χ2n) is 6.32. The van der Waals surface area contributed by atoms with Crippen LogP contribution < -0.4 is 10.6 Å². The minimum absolute atomic E-state index is 0.0604. The molecule has 0 amide bonds. The highest BCUT2D eigenvalue weighted by Crippen LogP contribution is 2.35. The summed E-state index contributed by atoms with van der Waals surface area (Å²) in [5.41, 5.74) is 0.875. The molecule has 1 aromatic carbocycles. The summed E-state index contributed by atoms with van der Waals surface area (Å²) in [5, 5.41) is 6.02. The molecule has 2 heterocycles. The average Bonchev–Trinajstić information content (AvgIpc) is 2.62. The van der Waals surface area contributed by atoms with Crippen LogP contribution in [0.3, 0.4) is 0 Å². The lowest BCUT2D eigenvalue weighted by atomic mass is 10.2. The predicted molar refractivity (Wildman–Crippen MR) is 104 cm³/mol. The molecule has 0 radical (unpaired) electrons. The fourth-order valence-electron chi connectivity index (χ4n) is 2.43. The van der Waals surface area contributed by atoms with Crippen molar-refractivity contribution in [3.63, 3.8) is 0 Å². The first-order valence-corrected chi connectivity index (χ1v) is 8.80.